The third kappa shape index (κ3) is 3.76. The number of imidazole rings is 1. The first-order valence-corrected chi connectivity index (χ1v) is 7.81. The predicted octanol–water partition coefficient (Wildman–Crippen LogP) is 1.02. The number of aryl methyl sites for hydroxylation is 2. The van der Waals surface area contributed by atoms with E-state index < -0.39 is 0 Å². The molecule has 1 aromatic heterocycles. The lowest BCUT2D eigenvalue weighted by molar-refractivity contribution is -0.122. The van der Waals surface area contributed by atoms with E-state index in [1.807, 2.05) is 24.3 Å². The van der Waals surface area contributed by atoms with Crippen molar-refractivity contribution in [1.82, 2.24) is 19.8 Å². The van der Waals surface area contributed by atoms with Gasteiger partial charge in [-0.1, -0.05) is 12.1 Å². The summed E-state index contributed by atoms with van der Waals surface area (Å²) in [5.41, 5.74) is 1.70. The van der Waals surface area contributed by atoms with E-state index in [1.54, 1.807) is 16.2 Å². The zero-order valence-corrected chi connectivity index (χ0v) is 14.1. The minimum Gasteiger partial charge on any atom is -0.353 e. The molecule has 1 aromatic carbocycles. The van der Waals surface area contributed by atoms with E-state index >= 15 is 0 Å². The van der Waals surface area contributed by atoms with Gasteiger partial charge in [0.05, 0.1) is 11.0 Å². The van der Waals surface area contributed by atoms with Crippen molar-refractivity contribution in [2.45, 2.75) is 31.8 Å². The topological polar surface area (TPSA) is 68.1 Å². The number of hydrogen-bond acceptors (Lipinski definition) is 3. The Bertz CT molecular complexity index is 731. The number of nitrogens with one attached hydrogen (secondary N) is 2. The van der Waals surface area contributed by atoms with Crippen molar-refractivity contribution < 1.29 is 4.79 Å². The molecular weight excluding hydrogens is 316 g/mol. The SMILES string of the molecule is Cl.Cn1c(=O)n(CCC(=O)NC2CCNCC2)c2ccccc21. The van der Waals surface area contributed by atoms with Gasteiger partial charge in [0.15, 0.2) is 0 Å². The summed E-state index contributed by atoms with van der Waals surface area (Å²) < 4.78 is 3.30. The minimum absolute atomic E-state index is 0. The lowest BCUT2D eigenvalue weighted by Gasteiger charge is -2.23. The molecule has 2 N–H and O–H groups in total. The van der Waals surface area contributed by atoms with Gasteiger partial charge in [0, 0.05) is 26.1 Å². The first-order chi connectivity index (χ1) is 10.7. The molecule has 1 aliphatic rings. The molecule has 6 nitrogen and oxygen atoms in total. The maximum atomic E-state index is 12.3. The molecule has 1 saturated heterocycles. The van der Waals surface area contributed by atoms with Gasteiger partial charge in [0.25, 0.3) is 0 Å². The van der Waals surface area contributed by atoms with Gasteiger partial charge >= 0.3 is 5.69 Å². The van der Waals surface area contributed by atoms with E-state index in [1.165, 1.54) is 0 Å². The standard InChI is InChI=1S/C16H22N4O2.ClH/c1-19-13-4-2-3-5-14(13)20(16(19)22)11-8-15(21)18-12-6-9-17-10-7-12;/h2-5,12,17H,6-11H2,1H3,(H,18,21);1H. The molecule has 0 atom stereocenters. The number of para-hydroxylation sites is 2. The molecule has 0 bridgehead atoms. The van der Waals surface area contributed by atoms with E-state index in [0.717, 1.165) is 37.0 Å². The highest BCUT2D eigenvalue weighted by atomic mass is 35.5. The molecule has 0 spiro atoms. The Hall–Kier alpha value is -1.79. The average molecular weight is 339 g/mol. The molecule has 7 heteroatoms. The normalized spacial score (nSPS) is 15.3. The number of carbonyl (C=O) groups excluding carboxylic acids is 1. The van der Waals surface area contributed by atoms with E-state index in [0.29, 0.717) is 13.0 Å². The van der Waals surface area contributed by atoms with Crippen molar-refractivity contribution in [1.29, 1.82) is 0 Å². The maximum Gasteiger partial charge on any atom is 0.328 e. The molecule has 126 valence electrons. The monoisotopic (exact) mass is 338 g/mol. The van der Waals surface area contributed by atoms with E-state index in [4.69, 9.17) is 0 Å². The van der Waals surface area contributed by atoms with Crippen LogP contribution < -0.4 is 16.3 Å². The van der Waals surface area contributed by atoms with Gasteiger partial charge in [0.1, 0.15) is 0 Å². The second-order valence-electron chi connectivity index (χ2n) is 5.82. The summed E-state index contributed by atoms with van der Waals surface area (Å²) in [4.78, 5) is 24.4. The number of halogens is 1. The highest BCUT2D eigenvalue weighted by molar-refractivity contribution is 5.85. The van der Waals surface area contributed by atoms with E-state index in [9.17, 15) is 9.59 Å². The van der Waals surface area contributed by atoms with Gasteiger partial charge in [0.2, 0.25) is 5.91 Å². The lowest BCUT2D eigenvalue weighted by atomic mass is 10.1. The van der Waals surface area contributed by atoms with Crippen molar-refractivity contribution in [3.63, 3.8) is 0 Å². The van der Waals surface area contributed by atoms with E-state index in [2.05, 4.69) is 10.6 Å². The molecule has 0 saturated carbocycles. The zero-order valence-electron chi connectivity index (χ0n) is 13.2. The molecule has 0 aliphatic carbocycles. The van der Waals surface area contributed by atoms with Crippen LogP contribution in [0.15, 0.2) is 29.1 Å². The summed E-state index contributed by atoms with van der Waals surface area (Å²) in [7, 11) is 1.76. The quantitative estimate of drug-likeness (QED) is 0.874. The summed E-state index contributed by atoms with van der Waals surface area (Å²) >= 11 is 0. The van der Waals surface area contributed by atoms with Crippen LogP contribution in [0, 0.1) is 0 Å². The van der Waals surface area contributed by atoms with Gasteiger partial charge in [-0.25, -0.2) is 4.79 Å². The Kier molecular flexibility index (Phi) is 5.85. The Balaban J connectivity index is 0.00000192. The van der Waals surface area contributed by atoms with Crippen LogP contribution in [-0.4, -0.2) is 34.2 Å². The van der Waals surface area contributed by atoms with Crippen LogP contribution in [0.4, 0.5) is 0 Å². The number of piperidine rings is 1. The molecule has 0 radical (unpaired) electrons. The molecule has 1 amide bonds. The van der Waals surface area contributed by atoms with Crippen molar-refractivity contribution in [3.05, 3.63) is 34.7 Å². The molecule has 1 fully saturated rings. The fourth-order valence-electron chi connectivity index (χ4n) is 3.06. The van der Waals surface area contributed by atoms with Crippen LogP contribution in [0.2, 0.25) is 0 Å². The number of carbonyl (C=O) groups is 1. The first kappa shape index (κ1) is 17.6. The second kappa shape index (κ2) is 7.66. The van der Waals surface area contributed by atoms with E-state index in [-0.39, 0.29) is 30.0 Å². The van der Waals surface area contributed by atoms with Gasteiger partial charge < -0.3 is 10.6 Å². The molecule has 3 rings (SSSR count). The van der Waals surface area contributed by atoms with Gasteiger partial charge in [-0.05, 0) is 38.1 Å². The molecule has 0 unspecified atom stereocenters. The predicted molar refractivity (Wildman–Crippen MR) is 93.1 cm³/mol. The highest BCUT2D eigenvalue weighted by Crippen LogP contribution is 2.12. The smallest absolute Gasteiger partial charge is 0.328 e. The average Bonchev–Trinajstić information content (AvgIpc) is 2.78. The number of amides is 1. The van der Waals surface area contributed by atoms with Crippen molar-refractivity contribution >= 4 is 29.3 Å². The summed E-state index contributed by atoms with van der Waals surface area (Å²) in [6.45, 7) is 2.32. The largest absolute Gasteiger partial charge is 0.353 e. The first-order valence-electron chi connectivity index (χ1n) is 7.81. The Labute approximate surface area is 141 Å². The van der Waals surface area contributed by atoms with Crippen LogP contribution in [0.1, 0.15) is 19.3 Å². The number of benzene rings is 1. The van der Waals surface area contributed by atoms with Crippen LogP contribution in [0.3, 0.4) is 0 Å². The molecule has 2 heterocycles. The lowest BCUT2D eigenvalue weighted by Crippen LogP contribution is -2.43. The number of rotatable bonds is 4. The fraction of sp³-hybridized carbons (Fsp3) is 0.500. The van der Waals surface area contributed by atoms with Crippen LogP contribution >= 0.6 is 12.4 Å². The molecular formula is C16H23ClN4O2. The second-order valence-corrected chi connectivity index (χ2v) is 5.82. The number of hydrogen-bond donors (Lipinski definition) is 2. The third-order valence-corrected chi connectivity index (χ3v) is 4.32. The summed E-state index contributed by atoms with van der Waals surface area (Å²) in [6.07, 6.45) is 2.28. The van der Waals surface area contributed by atoms with Crippen molar-refractivity contribution in [2.24, 2.45) is 7.05 Å². The molecule has 23 heavy (non-hydrogen) atoms. The Morgan fingerprint density at radius 2 is 1.91 bits per heavy atom. The van der Waals surface area contributed by atoms with Crippen LogP contribution in [0.5, 0.6) is 0 Å². The molecule has 2 aromatic rings. The summed E-state index contributed by atoms with van der Waals surface area (Å²) in [5.74, 6) is 0.0201. The third-order valence-electron chi connectivity index (χ3n) is 4.32. The summed E-state index contributed by atoms with van der Waals surface area (Å²) in [6, 6.07) is 7.92. The number of aromatic nitrogens is 2. The van der Waals surface area contributed by atoms with Crippen molar-refractivity contribution in [2.75, 3.05) is 13.1 Å². The minimum atomic E-state index is -0.0733. The van der Waals surface area contributed by atoms with Crippen molar-refractivity contribution in [3.8, 4) is 0 Å². The number of nitrogens with zero attached hydrogens (tertiary/aromatic N) is 2. The maximum absolute atomic E-state index is 12.3. The summed E-state index contributed by atoms with van der Waals surface area (Å²) in [5, 5.41) is 6.34. The van der Waals surface area contributed by atoms with Crippen LogP contribution in [-0.2, 0) is 18.4 Å². The molecule has 1 aliphatic heterocycles. The highest BCUT2D eigenvalue weighted by Gasteiger charge is 2.16. The van der Waals surface area contributed by atoms with Gasteiger partial charge in [-0.3, -0.25) is 13.9 Å². The Morgan fingerprint density at radius 1 is 1.26 bits per heavy atom. The number of fused-ring (bicyclic) bond motifs is 1. The van der Waals surface area contributed by atoms with Crippen LogP contribution in [0.25, 0.3) is 11.0 Å². The zero-order chi connectivity index (χ0) is 15.5. The van der Waals surface area contributed by atoms with Gasteiger partial charge in [-0.15, -0.1) is 12.4 Å². The fourth-order valence-corrected chi connectivity index (χ4v) is 3.06. The van der Waals surface area contributed by atoms with Gasteiger partial charge in [-0.2, -0.15) is 0 Å². The Morgan fingerprint density at radius 3 is 2.61 bits per heavy atom.